The molecule has 0 N–H and O–H groups in total. The molecule has 1 saturated heterocycles. The molecule has 1 heterocycles. The largest absolute Gasteiger partial charge is 0.458 e. The SMILES string of the molecule is CC(=O)N1CCN(S(=O)(=O)c2ccc(C(=O)OC/C=C/c3ccccc3)cc2)CC1. The lowest BCUT2D eigenvalue weighted by Crippen LogP contribution is -2.49. The van der Waals surface area contributed by atoms with Gasteiger partial charge in [0.25, 0.3) is 0 Å². The first-order valence-corrected chi connectivity index (χ1v) is 11.1. The van der Waals surface area contributed by atoms with Gasteiger partial charge in [0.05, 0.1) is 10.5 Å². The van der Waals surface area contributed by atoms with Gasteiger partial charge < -0.3 is 9.64 Å². The van der Waals surface area contributed by atoms with E-state index in [-0.39, 0.29) is 36.1 Å². The summed E-state index contributed by atoms with van der Waals surface area (Å²) >= 11 is 0. The minimum atomic E-state index is -3.67. The molecule has 2 aromatic rings. The summed E-state index contributed by atoms with van der Waals surface area (Å²) in [5.74, 6) is -0.583. The Balaban J connectivity index is 1.56. The first-order chi connectivity index (χ1) is 14.4. The Kier molecular flexibility index (Phi) is 7.02. The van der Waals surface area contributed by atoms with Crippen molar-refractivity contribution < 1.29 is 22.7 Å². The van der Waals surface area contributed by atoms with E-state index in [0.29, 0.717) is 13.1 Å². The van der Waals surface area contributed by atoms with Gasteiger partial charge in [-0.3, -0.25) is 4.79 Å². The van der Waals surface area contributed by atoms with Gasteiger partial charge in [-0.05, 0) is 35.9 Å². The zero-order chi connectivity index (χ0) is 21.6. The van der Waals surface area contributed by atoms with Crippen LogP contribution in [0.4, 0.5) is 0 Å². The van der Waals surface area contributed by atoms with Crippen LogP contribution in [0, 0.1) is 0 Å². The second kappa shape index (κ2) is 9.69. The molecule has 0 unspecified atom stereocenters. The zero-order valence-electron chi connectivity index (χ0n) is 16.7. The molecule has 0 aliphatic carbocycles. The van der Waals surface area contributed by atoms with E-state index in [1.165, 1.54) is 35.5 Å². The first-order valence-electron chi connectivity index (χ1n) is 9.62. The van der Waals surface area contributed by atoms with Gasteiger partial charge in [0.1, 0.15) is 6.61 Å². The highest BCUT2D eigenvalue weighted by atomic mass is 32.2. The normalized spacial score (nSPS) is 15.3. The van der Waals surface area contributed by atoms with Gasteiger partial charge in [-0.2, -0.15) is 4.31 Å². The molecule has 1 amide bonds. The van der Waals surface area contributed by atoms with Gasteiger partial charge in [0.2, 0.25) is 15.9 Å². The Hall–Kier alpha value is -2.97. The Morgan fingerprint density at radius 2 is 1.60 bits per heavy atom. The van der Waals surface area contributed by atoms with Crippen LogP contribution in [0.1, 0.15) is 22.8 Å². The second-order valence-electron chi connectivity index (χ2n) is 6.85. The summed E-state index contributed by atoms with van der Waals surface area (Å²) in [7, 11) is -3.67. The van der Waals surface area contributed by atoms with Crippen molar-refractivity contribution in [3.63, 3.8) is 0 Å². The maximum Gasteiger partial charge on any atom is 0.338 e. The van der Waals surface area contributed by atoms with Crippen molar-refractivity contribution >= 4 is 28.0 Å². The Morgan fingerprint density at radius 3 is 2.20 bits per heavy atom. The second-order valence-corrected chi connectivity index (χ2v) is 8.78. The first kappa shape index (κ1) is 21.7. The van der Waals surface area contributed by atoms with Gasteiger partial charge in [-0.1, -0.05) is 36.4 Å². The fourth-order valence-corrected chi connectivity index (χ4v) is 4.53. The number of hydrogen-bond acceptors (Lipinski definition) is 5. The van der Waals surface area contributed by atoms with Crippen LogP contribution in [0.15, 0.2) is 65.6 Å². The summed E-state index contributed by atoms with van der Waals surface area (Å²) in [6.07, 6.45) is 3.60. The maximum absolute atomic E-state index is 12.8. The Morgan fingerprint density at radius 1 is 0.967 bits per heavy atom. The minimum Gasteiger partial charge on any atom is -0.458 e. The van der Waals surface area contributed by atoms with Crippen molar-refractivity contribution in [3.8, 4) is 0 Å². The summed E-state index contributed by atoms with van der Waals surface area (Å²) < 4.78 is 32.1. The number of hydrogen-bond donors (Lipinski definition) is 0. The van der Waals surface area contributed by atoms with Gasteiger partial charge in [0.15, 0.2) is 0 Å². The number of rotatable bonds is 6. The van der Waals surface area contributed by atoms with Crippen molar-refractivity contribution in [2.75, 3.05) is 32.8 Å². The molecule has 8 heteroatoms. The lowest BCUT2D eigenvalue weighted by atomic mass is 10.2. The van der Waals surface area contributed by atoms with Crippen molar-refractivity contribution in [3.05, 3.63) is 71.8 Å². The van der Waals surface area contributed by atoms with Crippen LogP contribution in [-0.4, -0.2) is 62.3 Å². The van der Waals surface area contributed by atoms with E-state index in [0.717, 1.165) is 5.56 Å². The molecule has 1 fully saturated rings. The summed E-state index contributed by atoms with van der Waals surface area (Å²) in [6, 6.07) is 15.4. The smallest absolute Gasteiger partial charge is 0.338 e. The van der Waals surface area contributed by atoms with Crippen LogP contribution in [0.25, 0.3) is 6.08 Å². The molecule has 0 saturated carbocycles. The predicted octanol–water partition coefficient (Wildman–Crippen LogP) is 2.41. The summed E-state index contributed by atoms with van der Waals surface area (Å²) in [4.78, 5) is 25.3. The van der Waals surface area contributed by atoms with Crippen molar-refractivity contribution in [1.29, 1.82) is 0 Å². The molecular formula is C22H24N2O5S. The lowest BCUT2D eigenvalue weighted by molar-refractivity contribution is -0.129. The molecule has 0 aromatic heterocycles. The van der Waals surface area contributed by atoms with E-state index in [2.05, 4.69) is 0 Å². The van der Waals surface area contributed by atoms with Crippen molar-refractivity contribution in [1.82, 2.24) is 9.21 Å². The fraction of sp³-hybridized carbons (Fsp3) is 0.273. The predicted molar refractivity (Wildman–Crippen MR) is 113 cm³/mol. The average Bonchev–Trinajstić information content (AvgIpc) is 2.77. The third-order valence-electron chi connectivity index (χ3n) is 4.83. The number of piperazine rings is 1. The highest BCUT2D eigenvalue weighted by molar-refractivity contribution is 7.89. The number of carbonyl (C=O) groups is 2. The molecule has 3 rings (SSSR count). The monoisotopic (exact) mass is 428 g/mol. The molecule has 7 nitrogen and oxygen atoms in total. The van der Waals surface area contributed by atoms with Crippen LogP contribution in [0.2, 0.25) is 0 Å². The van der Waals surface area contributed by atoms with Crippen molar-refractivity contribution in [2.45, 2.75) is 11.8 Å². The number of carbonyl (C=O) groups excluding carboxylic acids is 2. The van der Waals surface area contributed by atoms with Gasteiger partial charge in [-0.15, -0.1) is 0 Å². The molecule has 1 aliphatic heterocycles. The Labute approximate surface area is 176 Å². The quantitative estimate of drug-likeness (QED) is 0.660. The minimum absolute atomic E-state index is 0.0615. The molecule has 0 bridgehead atoms. The van der Waals surface area contributed by atoms with E-state index in [4.69, 9.17) is 4.74 Å². The number of benzene rings is 2. The molecular weight excluding hydrogens is 404 g/mol. The van der Waals surface area contributed by atoms with Gasteiger partial charge >= 0.3 is 5.97 Å². The topological polar surface area (TPSA) is 84.0 Å². The van der Waals surface area contributed by atoms with E-state index in [9.17, 15) is 18.0 Å². The third kappa shape index (κ3) is 5.34. The van der Waals surface area contributed by atoms with E-state index in [1.54, 1.807) is 11.0 Å². The Bertz CT molecular complexity index is 1010. The molecule has 2 aromatic carbocycles. The van der Waals surface area contributed by atoms with E-state index < -0.39 is 16.0 Å². The van der Waals surface area contributed by atoms with Crippen molar-refractivity contribution in [2.24, 2.45) is 0 Å². The van der Waals surface area contributed by atoms with Crippen LogP contribution >= 0.6 is 0 Å². The average molecular weight is 429 g/mol. The fourth-order valence-electron chi connectivity index (χ4n) is 3.11. The van der Waals surface area contributed by atoms with Gasteiger partial charge in [0, 0.05) is 33.1 Å². The van der Waals surface area contributed by atoms with E-state index in [1.807, 2.05) is 36.4 Å². The van der Waals surface area contributed by atoms with E-state index >= 15 is 0 Å². The third-order valence-corrected chi connectivity index (χ3v) is 6.75. The highest BCUT2D eigenvalue weighted by Gasteiger charge is 2.29. The number of esters is 1. The van der Waals surface area contributed by atoms with Crippen LogP contribution in [-0.2, 0) is 19.6 Å². The maximum atomic E-state index is 12.8. The summed E-state index contributed by atoms with van der Waals surface area (Å²) in [6.45, 7) is 2.83. The molecule has 0 radical (unpaired) electrons. The number of ether oxygens (including phenoxy) is 1. The molecule has 0 atom stereocenters. The summed E-state index contributed by atoms with van der Waals surface area (Å²) in [5.41, 5.74) is 1.29. The molecule has 0 spiro atoms. The lowest BCUT2D eigenvalue weighted by Gasteiger charge is -2.33. The zero-order valence-corrected chi connectivity index (χ0v) is 17.5. The molecule has 30 heavy (non-hydrogen) atoms. The number of nitrogens with zero attached hydrogens (tertiary/aromatic N) is 2. The molecule has 158 valence electrons. The standard InChI is InChI=1S/C22H24N2O5S/c1-18(25)23-13-15-24(16-14-23)30(27,28)21-11-9-20(10-12-21)22(26)29-17-5-8-19-6-3-2-4-7-19/h2-12H,13-17H2,1H3/b8-5+. The number of sulfonamides is 1. The van der Waals surface area contributed by atoms with Crippen LogP contribution in [0.5, 0.6) is 0 Å². The van der Waals surface area contributed by atoms with Crippen LogP contribution < -0.4 is 0 Å². The highest BCUT2D eigenvalue weighted by Crippen LogP contribution is 2.19. The van der Waals surface area contributed by atoms with Gasteiger partial charge in [-0.25, -0.2) is 13.2 Å². The molecule has 1 aliphatic rings. The summed E-state index contributed by atoms with van der Waals surface area (Å²) in [5, 5.41) is 0. The van der Waals surface area contributed by atoms with Crippen LogP contribution in [0.3, 0.4) is 0 Å². The number of amides is 1.